The average molecular weight is 308 g/mol. The molecular formula is C16H24N2O2S. The Hall–Kier alpha value is -1.07. The molecule has 0 spiro atoms. The molecule has 116 valence electrons. The quantitative estimate of drug-likeness (QED) is 0.872. The van der Waals surface area contributed by atoms with Crippen LogP contribution in [0.3, 0.4) is 0 Å². The fourth-order valence-corrected chi connectivity index (χ4v) is 3.39. The van der Waals surface area contributed by atoms with Crippen molar-refractivity contribution in [2.24, 2.45) is 5.92 Å². The van der Waals surface area contributed by atoms with Gasteiger partial charge in [-0.1, -0.05) is 20.8 Å². The summed E-state index contributed by atoms with van der Waals surface area (Å²) < 4.78 is 0.0692. The van der Waals surface area contributed by atoms with Gasteiger partial charge < -0.3 is 10.0 Å². The van der Waals surface area contributed by atoms with Crippen LogP contribution in [-0.2, 0) is 0 Å². The first-order valence-corrected chi connectivity index (χ1v) is 8.20. The monoisotopic (exact) mass is 308 g/mol. The van der Waals surface area contributed by atoms with Gasteiger partial charge in [0.2, 0.25) is 0 Å². The van der Waals surface area contributed by atoms with E-state index in [0.717, 1.165) is 18.0 Å². The summed E-state index contributed by atoms with van der Waals surface area (Å²) in [5.74, 6) is 0.232. The number of likely N-dealkylation sites (tertiary alicyclic amines) is 1. The fourth-order valence-electron chi connectivity index (χ4n) is 2.46. The molecule has 4 nitrogen and oxygen atoms in total. The number of nitrogens with zero attached hydrogens (tertiary/aromatic N) is 2. The molecule has 1 N–H and O–H groups in total. The smallest absolute Gasteiger partial charge is 0.254 e. The first-order valence-electron chi connectivity index (χ1n) is 7.38. The van der Waals surface area contributed by atoms with Gasteiger partial charge >= 0.3 is 0 Å². The molecular weight excluding hydrogens is 284 g/mol. The summed E-state index contributed by atoms with van der Waals surface area (Å²) in [5.41, 5.74) is 0.683. The van der Waals surface area contributed by atoms with Crippen molar-refractivity contribution in [3.8, 4) is 0 Å². The zero-order valence-corrected chi connectivity index (χ0v) is 14.0. The molecule has 0 aliphatic carbocycles. The summed E-state index contributed by atoms with van der Waals surface area (Å²) in [5, 5.41) is 10.5. The third-order valence-corrected chi connectivity index (χ3v) is 4.63. The van der Waals surface area contributed by atoms with Crippen molar-refractivity contribution in [3.63, 3.8) is 0 Å². The average Bonchev–Trinajstić information content (AvgIpc) is 2.85. The number of aliphatic hydroxyl groups is 1. The Morgan fingerprint density at radius 3 is 2.81 bits per heavy atom. The largest absolute Gasteiger partial charge is 0.393 e. The van der Waals surface area contributed by atoms with Gasteiger partial charge in [-0.15, -0.1) is 11.8 Å². The van der Waals surface area contributed by atoms with Gasteiger partial charge in [-0.3, -0.25) is 4.79 Å². The Bertz CT molecular complexity index is 511. The number of aliphatic hydroxyl groups excluding tert-OH is 1. The molecule has 0 aromatic carbocycles. The third kappa shape index (κ3) is 4.45. The lowest BCUT2D eigenvalue weighted by atomic mass is 10.0. The molecule has 21 heavy (non-hydrogen) atoms. The van der Waals surface area contributed by atoms with E-state index >= 15 is 0 Å². The molecule has 1 saturated heterocycles. The molecule has 1 aromatic rings. The van der Waals surface area contributed by atoms with E-state index in [4.69, 9.17) is 0 Å². The third-order valence-electron chi connectivity index (χ3n) is 3.59. The Kier molecular flexibility index (Phi) is 4.94. The van der Waals surface area contributed by atoms with E-state index in [1.54, 1.807) is 30.9 Å². The van der Waals surface area contributed by atoms with Crippen molar-refractivity contribution in [3.05, 3.63) is 23.9 Å². The van der Waals surface area contributed by atoms with Crippen LogP contribution >= 0.6 is 11.8 Å². The van der Waals surface area contributed by atoms with Gasteiger partial charge in [-0.05, 0) is 25.5 Å². The van der Waals surface area contributed by atoms with E-state index < -0.39 is 0 Å². The molecule has 5 heteroatoms. The minimum atomic E-state index is -0.354. The Morgan fingerprint density at radius 2 is 2.24 bits per heavy atom. The Balaban J connectivity index is 2.08. The van der Waals surface area contributed by atoms with E-state index in [9.17, 15) is 9.90 Å². The summed E-state index contributed by atoms with van der Waals surface area (Å²) in [7, 11) is 0. The summed E-state index contributed by atoms with van der Waals surface area (Å²) in [6.07, 6.45) is 2.22. The first-order chi connectivity index (χ1) is 9.76. The summed E-state index contributed by atoms with van der Waals surface area (Å²) >= 11 is 1.66. The zero-order valence-electron chi connectivity index (χ0n) is 13.2. The van der Waals surface area contributed by atoms with Crippen LogP contribution in [0.4, 0.5) is 0 Å². The highest BCUT2D eigenvalue weighted by atomic mass is 32.2. The van der Waals surface area contributed by atoms with E-state index in [-0.39, 0.29) is 22.7 Å². The van der Waals surface area contributed by atoms with Crippen LogP contribution in [0.15, 0.2) is 23.4 Å². The molecule has 1 aromatic heterocycles. The second-order valence-electron chi connectivity index (χ2n) is 6.64. The van der Waals surface area contributed by atoms with Gasteiger partial charge in [0, 0.05) is 35.5 Å². The molecule has 0 radical (unpaired) electrons. The lowest BCUT2D eigenvalue weighted by Gasteiger charge is -2.19. The maximum Gasteiger partial charge on any atom is 0.254 e. The molecule has 2 atom stereocenters. The second-order valence-corrected chi connectivity index (χ2v) is 8.48. The molecule has 0 bridgehead atoms. The highest BCUT2D eigenvalue weighted by molar-refractivity contribution is 8.00. The van der Waals surface area contributed by atoms with E-state index in [1.165, 1.54) is 0 Å². The van der Waals surface area contributed by atoms with Gasteiger partial charge in [0.1, 0.15) is 0 Å². The van der Waals surface area contributed by atoms with Crippen LogP contribution in [0, 0.1) is 5.92 Å². The van der Waals surface area contributed by atoms with Crippen molar-refractivity contribution in [1.82, 2.24) is 9.88 Å². The van der Waals surface area contributed by atoms with E-state index in [2.05, 4.69) is 25.8 Å². The summed E-state index contributed by atoms with van der Waals surface area (Å²) in [6, 6.07) is 3.64. The van der Waals surface area contributed by atoms with Crippen molar-refractivity contribution in [1.29, 1.82) is 0 Å². The number of carbonyl (C=O) groups is 1. The van der Waals surface area contributed by atoms with Crippen molar-refractivity contribution < 1.29 is 9.90 Å². The predicted molar refractivity (Wildman–Crippen MR) is 85.5 cm³/mol. The minimum Gasteiger partial charge on any atom is -0.393 e. The summed E-state index contributed by atoms with van der Waals surface area (Å²) in [4.78, 5) is 18.7. The van der Waals surface area contributed by atoms with Gasteiger partial charge in [0.05, 0.1) is 11.1 Å². The number of carbonyl (C=O) groups excluding carboxylic acids is 1. The van der Waals surface area contributed by atoms with Crippen LogP contribution in [0.25, 0.3) is 0 Å². The number of aromatic nitrogens is 1. The Morgan fingerprint density at radius 1 is 1.52 bits per heavy atom. The summed E-state index contributed by atoms with van der Waals surface area (Å²) in [6.45, 7) is 9.53. The topological polar surface area (TPSA) is 53.4 Å². The Labute approximate surface area is 130 Å². The number of rotatable bonds is 3. The van der Waals surface area contributed by atoms with Gasteiger partial charge in [0.15, 0.2) is 0 Å². The van der Waals surface area contributed by atoms with Crippen LogP contribution in [0.2, 0.25) is 0 Å². The van der Waals surface area contributed by atoms with Gasteiger partial charge in [0.25, 0.3) is 5.91 Å². The zero-order chi connectivity index (χ0) is 15.6. The van der Waals surface area contributed by atoms with Gasteiger partial charge in [-0.25, -0.2) is 4.98 Å². The number of thioether (sulfide) groups is 1. The van der Waals surface area contributed by atoms with Crippen molar-refractivity contribution >= 4 is 17.7 Å². The lowest BCUT2D eigenvalue weighted by molar-refractivity contribution is 0.0762. The maximum absolute atomic E-state index is 12.5. The van der Waals surface area contributed by atoms with Gasteiger partial charge in [-0.2, -0.15) is 0 Å². The number of amides is 1. The first kappa shape index (κ1) is 16.3. The van der Waals surface area contributed by atoms with Crippen LogP contribution in [-0.4, -0.2) is 44.8 Å². The molecule has 1 aliphatic rings. The predicted octanol–water partition coefficient (Wildman–Crippen LogP) is 2.82. The lowest BCUT2D eigenvalue weighted by Crippen LogP contribution is -2.30. The van der Waals surface area contributed by atoms with E-state index in [1.807, 2.05) is 11.0 Å². The molecule has 2 unspecified atom stereocenters. The van der Waals surface area contributed by atoms with Crippen LogP contribution < -0.4 is 0 Å². The van der Waals surface area contributed by atoms with Crippen LogP contribution in [0.5, 0.6) is 0 Å². The molecule has 2 rings (SSSR count). The molecule has 1 amide bonds. The molecule has 1 fully saturated rings. The normalized spacial score (nSPS) is 20.6. The fraction of sp³-hybridized carbons (Fsp3) is 0.625. The number of pyridine rings is 1. The van der Waals surface area contributed by atoms with Crippen molar-refractivity contribution in [2.75, 3.05) is 13.1 Å². The SMILES string of the molecule is CC(O)C1CCN(C(=O)c2ccnc(SC(C)(C)C)c2)C1. The molecule has 0 saturated carbocycles. The molecule has 1 aliphatic heterocycles. The second kappa shape index (κ2) is 6.36. The number of hydrogen-bond donors (Lipinski definition) is 1. The van der Waals surface area contributed by atoms with E-state index in [0.29, 0.717) is 12.1 Å². The number of hydrogen-bond acceptors (Lipinski definition) is 4. The highest BCUT2D eigenvalue weighted by Gasteiger charge is 2.29. The van der Waals surface area contributed by atoms with Crippen LogP contribution in [0.1, 0.15) is 44.5 Å². The minimum absolute atomic E-state index is 0.0382. The molecule has 2 heterocycles. The maximum atomic E-state index is 12.5. The van der Waals surface area contributed by atoms with Crippen molar-refractivity contribution in [2.45, 2.75) is 50.0 Å². The highest BCUT2D eigenvalue weighted by Crippen LogP contribution is 2.31. The standard InChI is InChI=1S/C16H24N2O2S/c1-11(19)13-6-8-18(10-13)15(20)12-5-7-17-14(9-12)21-16(2,3)4/h5,7,9,11,13,19H,6,8,10H2,1-4H3.